The van der Waals surface area contributed by atoms with Gasteiger partial charge in [0.05, 0.1) is 11.5 Å². The summed E-state index contributed by atoms with van der Waals surface area (Å²) in [5, 5.41) is 33.8. The number of hydrogen-bond donors (Lipinski definition) is 6. The van der Waals surface area contributed by atoms with Crippen LogP contribution < -0.4 is 21.0 Å². The number of nitrogens with two attached hydrogens (primary N) is 1. The molecule has 2 fully saturated rings. The molecule has 190 valence electrons. The molecule has 0 radical (unpaired) electrons. The Labute approximate surface area is 206 Å². The summed E-state index contributed by atoms with van der Waals surface area (Å²) in [5.41, 5.74) is 6.25. The van der Waals surface area contributed by atoms with Crippen LogP contribution in [0.1, 0.15) is 60.9 Å². The van der Waals surface area contributed by atoms with Gasteiger partial charge in [-0.1, -0.05) is 12.1 Å². The first-order valence-electron chi connectivity index (χ1n) is 12.6. The number of aromatic carboxylic acids is 1. The third-order valence-electron chi connectivity index (χ3n) is 7.67. The van der Waals surface area contributed by atoms with Crippen molar-refractivity contribution < 1.29 is 24.4 Å². The minimum Gasteiger partial charge on any atom is -0.534 e. The van der Waals surface area contributed by atoms with E-state index in [1.807, 2.05) is 4.90 Å². The molecule has 3 aliphatic rings. The molecule has 7 N–H and O–H groups in total. The van der Waals surface area contributed by atoms with Crippen LogP contribution >= 0.6 is 0 Å². The Hall–Kier alpha value is -2.79. The van der Waals surface area contributed by atoms with Crippen LogP contribution in [0.15, 0.2) is 18.2 Å². The van der Waals surface area contributed by atoms with Crippen LogP contribution in [0.5, 0.6) is 5.75 Å². The summed E-state index contributed by atoms with van der Waals surface area (Å²) in [7, 11) is -1.28. The van der Waals surface area contributed by atoms with E-state index in [-0.39, 0.29) is 23.2 Å². The predicted molar refractivity (Wildman–Crippen MR) is 132 cm³/mol. The second-order valence-electron chi connectivity index (χ2n) is 10.1. The highest BCUT2D eigenvalue weighted by molar-refractivity contribution is 6.47. The number of nitrogens with one attached hydrogen (secondary N) is 3. The molecule has 2 aliphatic heterocycles. The van der Waals surface area contributed by atoms with Gasteiger partial charge in [-0.15, -0.1) is 0 Å². The zero-order valence-corrected chi connectivity index (χ0v) is 20.0. The quantitative estimate of drug-likeness (QED) is 0.189. The lowest BCUT2D eigenvalue weighted by Gasteiger charge is -2.34. The average molecular weight is 485 g/mol. The van der Waals surface area contributed by atoms with Crippen LogP contribution in [0.4, 0.5) is 0 Å². The summed E-state index contributed by atoms with van der Waals surface area (Å²) in [6.45, 7) is 2.71. The maximum absolute atomic E-state index is 12.7. The molecular formula is C24H36BN5O5. The molecule has 11 heteroatoms. The molecule has 0 aromatic heterocycles. The number of benzene rings is 1. The number of likely N-dealkylation sites (tertiary alicyclic amines) is 1. The highest BCUT2D eigenvalue weighted by Gasteiger charge is 2.38. The van der Waals surface area contributed by atoms with Crippen LogP contribution in [0.2, 0.25) is 0 Å². The van der Waals surface area contributed by atoms with Crippen LogP contribution in [-0.4, -0.2) is 71.6 Å². The van der Waals surface area contributed by atoms with Crippen molar-refractivity contribution in [2.24, 2.45) is 17.6 Å². The third kappa shape index (κ3) is 6.46. The second-order valence-corrected chi connectivity index (χ2v) is 10.1. The Morgan fingerprint density at radius 3 is 2.51 bits per heavy atom. The van der Waals surface area contributed by atoms with Crippen molar-refractivity contribution in [1.29, 1.82) is 5.41 Å². The molecular weight excluding hydrogens is 449 g/mol. The number of hydrogen-bond acceptors (Lipinski definition) is 6. The molecule has 1 aromatic carbocycles. The Kier molecular flexibility index (Phi) is 8.17. The molecule has 1 aliphatic carbocycles. The number of carbonyl (C=O) groups is 2. The number of nitrogens with zero attached hydrogens (tertiary/aromatic N) is 1. The lowest BCUT2D eigenvalue weighted by molar-refractivity contribution is -0.122. The van der Waals surface area contributed by atoms with E-state index >= 15 is 0 Å². The molecule has 0 bridgehead atoms. The largest absolute Gasteiger partial charge is 0.547 e. The van der Waals surface area contributed by atoms with Crippen molar-refractivity contribution in [2.45, 2.75) is 63.3 Å². The summed E-state index contributed by atoms with van der Waals surface area (Å²) in [4.78, 5) is 26.0. The number of carboxylic acid groups (broad SMARTS) is 1. The first kappa shape index (κ1) is 25.3. The van der Waals surface area contributed by atoms with Crippen molar-refractivity contribution in [1.82, 2.24) is 15.5 Å². The Balaban J connectivity index is 1.17. The topological polar surface area (TPSA) is 161 Å². The maximum Gasteiger partial charge on any atom is 0.547 e. The summed E-state index contributed by atoms with van der Waals surface area (Å²) in [6, 6.07) is 5.32. The number of para-hydroxylation sites is 1. The monoisotopic (exact) mass is 485 g/mol. The smallest absolute Gasteiger partial charge is 0.534 e. The van der Waals surface area contributed by atoms with Gasteiger partial charge in [0.1, 0.15) is 5.75 Å². The van der Waals surface area contributed by atoms with Crippen LogP contribution in [0.25, 0.3) is 0 Å². The number of piperidine rings is 1. The molecule has 1 saturated heterocycles. The molecule has 4 rings (SSSR count). The average Bonchev–Trinajstić information content (AvgIpc) is 2.84. The standard InChI is InChI=1S/C24H36BN5O5/c26-24(27)30-10-8-16(9-11-30)14-28-18-6-4-15(5-7-18)12-21(31)29-20-13-17-2-1-3-19(23(32)33)22(17)35-25(20)34/h1-3,15-16,18,20,28,34H,4-14H2,(H3,26,27)(H,29,31)(H,32,33)/t15?,18?,20-/m0/s1. The Morgan fingerprint density at radius 2 is 1.86 bits per heavy atom. The number of carboxylic acids is 1. The minimum absolute atomic E-state index is 0.0122. The Bertz CT molecular complexity index is 931. The van der Waals surface area contributed by atoms with Crippen molar-refractivity contribution in [3.05, 3.63) is 29.3 Å². The van der Waals surface area contributed by atoms with E-state index in [9.17, 15) is 19.7 Å². The number of fused-ring (bicyclic) bond motifs is 1. The van der Waals surface area contributed by atoms with Crippen LogP contribution in [0, 0.1) is 17.2 Å². The highest BCUT2D eigenvalue weighted by Crippen LogP contribution is 2.31. The fourth-order valence-electron chi connectivity index (χ4n) is 5.53. The van der Waals surface area contributed by atoms with Gasteiger partial charge in [0.25, 0.3) is 0 Å². The fourth-order valence-corrected chi connectivity index (χ4v) is 5.53. The van der Waals surface area contributed by atoms with Gasteiger partial charge >= 0.3 is 13.1 Å². The molecule has 10 nitrogen and oxygen atoms in total. The number of rotatable bonds is 7. The lowest BCUT2D eigenvalue weighted by Crippen LogP contribution is -2.53. The molecule has 1 amide bonds. The zero-order chi connectivity index (χ0) is 24.9. The van der Waals surface area contributed by atoms with E-state index in [2.05, 4.69) is 10.6 Å². The predicted octanol–water partition coefficient (Wildman–Crippen LogP) is 0.968. The molecule has 2 heterocycles. The summed E-state index contributed by atoms with van der Waals surface area (Å²) >= 11 is 0. The molecule has 1 aromatic rings. The van der Waals surface area contributed by atoms with E-state index < -0.39 is 19.0 Å². The summed E-state index contributed by atoms with van der Waals surface area (Å²) in [5.74, 6) is -0.542. The number of amides is 1. The van der Waals surface area contributed by atoms with Gasteiger partial charge in [-0.2, -0.15) is 0 Å². The minimum atomic E-state index is -1.28. The summed E-state index contributed by atoms with van der Waals surface area (Å²) in [6.07, 6.45) is 6.93. The lowest BCUT2D eigenvalue weighted by atomic mass is 9.72. The SMILES string of the molecule is N=C(N)N1CCC(CNC2CCC(CC(=O)N[C@H]3Cc4cccc(C(=O)O)c4OB3O)CC2)CC1. The molecule has 0 unspecified atom stereocenters. The fraction of sp³-hybridized carbons (Fsp3) is 0.625. The maximum atomic E-state index is 12.7. The highest BCUT2D eigenvalue weighted by atomic mass is 16.5. The van der Waals surface area contributed by atoms with Gasteiger partial charge in [-0.05, 0) is 75.0 Å². The molecule has 1 atom stereocenters. The van der Waals surface area contributed by atoms with E-state index in [1.54, 1.807) is 12.1 Å². The van der Waals surface area contributed by atoms with Crippen molar-refractivity contribution in [3.8, 4) is 5.75 Å². The normalized spacial score (nSPS) is 24.9. The van der Waals surface area contributed by atoms with Crippen molar-refractivity contribution in [2.75, 3.05) is 19.6 Å². The molecule has 35 heavy (non-hydrogen) atoms. The number of carbonyl (C=O) groups excluding carboxylic acids is 1. The first-order chi connectivity index (χ1) is 16.8. The van der Waals surface area contributed by atoms with Gasteiger partial charge in [-0.25, -0.2) is 4.79 Å². The van der Waals surface area contributed by atoms with Crippen LogP contribution in [0.3, 0.4) is 0 Å². The van der Waals surface area contributed by atoms with Crippen LogP contribution in [-0.2, 0) is 11.2 Å². The van der Waals surface area contributed by atoms with Gasteiger partial charge in [0, 0.05) is 25.6 Å². The molecule has 0 spiro atoms. The van der Waals surface area contributed by atoms with E-state index in [4.69, 9.17) is 15.8 Å². The van der Waals surface area contributed by atoms with Gasteiger partial charge < -0.3 is 36.1 Å². The summed E-state index contributed by atoms with van der Waals surface area (Å²) < 4.78 is 5.47. The van der Waals surface area contributed by atoms with Crippen molar-refractivity contribution >= 4 is 25.0 Å². The van der Waals surface area contributed by atoms with Crippen molar-refractivity contribution in [3.63, 3.8) is 0 Å². The van der Waals surface area contributed by atoms with E-state index in [1.165, 1.54) is 6.07 Å². The molecule has 1 saturated carbocycles. The Morgan fingerprint density at radius 1 is 1.14 bits per heavy atom. The van der Waals surface area contributed by atoms with E-state index in [0.29, 0.717) is 36.3 Å². The zero-order valence-electron chi connectivity index (χ0n) is 20.0. The first-order valence-corrected chi connectivity index (χ1v) is 12.6. The second kappa shape index (κ2) is 11.3. The number of guanidine groups is 1. The third-order valence-corrected chi connectivity index (χ3v) is 7.67. The van der Waals surface area contributed by atoms with Gasteiger partial charge in [0.2, 0.25) is 5.91 Å². The van der Waals surface area contributed by atoms with E-state index in [0.717, 1.165) is 58.2 Å². The van der Waals surface area contributed by atoms with Gasteiger partial charge in [0.15, 0.2) is 5.96 Å². The van der Waals surface area contributed by atoms with Gasteiger partial charge in [-0.3, -0.25) is 10.2 Å².